The Morgan fingerprint density at radius 3 is 2.55 bits per heavy atom. The van der Waals surface area contributed by atoms with Crippen molar-refractivity contribution in [3.63, 3.8) is 0 Å². The zero-order valence-corrected chi connectivity index (χ0v) is 19.1. The van der Waals surface area contributed by atoms with Crippen LogP contribution < -0.4 is 4.90 Å². The lowest BCUT2D eigenvalue weighted by Gasteiger charge is -2.37. The first-order chi connectivity index (χ1) is 15.7. The van der Waals surface area contributed by atoms with E-state index >= 15 is 0 Å². The van der Waals surface area contributed by atoms with Crippen molar-refractivity contribution in [1.82, 2.24) is 14.9 Å². The lowest BCUT2D eigenvalue weighted by Crippen LogP contribution is -2.52. The minimum absolute atomic E-state index is 0. The lowest BCUT2D eigenvalue weighted by molar-refractivity contribution is -0.141. The highest BCUT2D eigenvalue weighted by molar-refractivity contribution is 5.92. The number of aromatic nitrogens is 2. The number of phenolic OH excluding ortho intramolecular Hbond substituents is 1. The van der Waals surface area contributed by atoms with E-state index in [0.717, 1.165) is 10.9 Å². The Hall–Kier alpha value is -3.26. The van der Waals surface area contributed by atoms with Crippen molar-refractivity contribution >= 4 is 22.6 Å². The molecule has 1 aliphatic rings. The van der Waals surface area contributed by atoms with Gasteiger partial charge in [0.1, 0.15) is 23.5 Å². The molecule has 2 aromatic carbocycles. The number of anilines is 1. The molecule has 2 N–H and O–H groups in total. The molecule has 1 aromatic heterocycles. The summed E-state index contributed by atoms with van der Waals surface area (Å²) in [6, 6.07) is 9.58. The smallest absolute Gasteiger partial charge is 0.251 e. The minimum Gasteiger partial charge on any atom is -0.507 e. The molecule has 1 saturated heterocycles. The summed E-state index contributed by atoms with van der Waals surface area (Å²) in [6.07, 6.45) is -0.544. The maximum atomic E-state index is 13.9. The van der Waals surface area contributed by atoms with Gasteiger partial charge >= 0.3 is 0 Å². The Kier molecular flexibility index (Phi) is 6.47. The zero-order valence-electron chi connectivity index (χ0n) is 19.1. The van der Waals surface area contributed by atoms with Crippen LogP contribution in [0.1, 0.15) is 27.3 Å². The first-order valence-corrected chi connectivity index (χ1v) is 11.2. The number of amides is 1. The Bertz CT molecular complexity index is 1180. The molecule has 0 bridgehead atoms. The summed E-state index contributed by atoms with van der Waals surface area (Å²) in [6.45, 7) is 7.92. The van der Waals surface area contributed by atoms with Crippen LogP contribution in [0, 0.1) is 18.7 Å². The number of carbonyl (C=O) groups is 1. The van der Waals surface area contributed by atoms with Crippen molar-refractivity contribution in [2.75, 3.05) is 31.1 Å². The highest BCUT2D eigenvalue weighted by Crippen LogP contribution is 2.33. The van der Waals surface area contributed by atoms with Crippen LogP contribution in [-0.4, -0.2) is 63.3 Å². The van der Waals surface area contributed by atoms with Crippen molar-refractivity contribution in [3.8, 4) is 17.1 Å². The van der Waals surface area contributed by atoms with Gasteiger partial charge < -0.3 is 20.0 Å². The third-order valence-corrected chi connectivity index (χ3v) is 5.90. The van der Waals surface area contributed by atoms with Crippen molar-refractivity contribution in [3.05, 3.63) is 47.8 Å². The number of aliphatic hydroxyl groups excluding tert-OH is 1. The molecule has 3 aromatic rings. The lowest BCUT2D eigenvalue weighted by atomic mass is 10.0. The molecule has 0 aliphatic carbocycles. The van der Waals surface area contributed by atoms with E-state index in [1.807, 2.05) is 39.0 Å². The number of benzene rings is 2. The number of rotatable bonds is 5. The number of carbonyl (C=O) groups excluding carboxylic acids is 1. The largest absolute Gasteiger partial charge is 0.507 e. The number of hydrogen-bond donors (Lipinski definition) is 2. The van der Waals surface area contributed by atoms with E-state index in [1.54, 1.807) is 4.90 Å². The topological polar surface area (TPSA) is 89.8 Å². The molecule has 176 valence electrons. The molecule has 8 heteroatoms. The van der Waals surface area contributed by atoms with Gasteiger partial charge in [-0.3, -0.25) is 4.79 Å². The number of piperazine rings is 1. The summed E-state index contributed by atoms with van der Waals surface area (Å²) in [5.74, 6) is 0.336. The Labute approximate surface area is 194 Å². The van der Waals surface area contributed by atoms with Crippen LogP contribution in [0.2, 0.25) is 0 Å². The second-order valence-electron chi connectivity index (χ2n) is 9.01. The van der Waals surface area contributed by atoms with E-state index in [9.17, 15) is 19.4 Å². The fraction of sp³-hybridized carbons (Fsp3) is 0.400. The number of aryl methyl sites for hydroxylation is 1. The second-order valence-corrected chi connectivity index (χ2v) is 9.01. The van der Waals surface area contributed by atoms with E-state index in [1.165, 1.54) is 18.2 Å². The van der Waals surface area contributed by atoms with E-state index in [0.29, 0.717) is 43.9 Å². The monoisotopic (exact) mass is 454 g/mol. The number of aromatic hydroxyl groups is 1. The van der Waals surface area contributed by atoms with E-state index in [2.05, 4.69) is 9.88 Å². The van der Waals surface area contributed by atoms with Gasteiger partial charge in [-0.1, -0.05) is 19.9 Å². The molecule has 1 fully saturated rings. The van der Waals surface area contributed by atoms with Gasteiger partial charge in [0.25, 0.3) is 5.91 Å². The molecule has 7 nitrogen and oxygen atoms in total. The Balaban J connectivity index is 0.00000324. The average Bonchev–Trinajstić information content (AvgIpc) is 2.79. The van der Waals surface area contributed by atoms with Gasteiger partial charge in [0, 0.05) is 33.0 Å². The van der Waals surface area contributed by atoms with Crippen LogP contribution in [0.5, 0.6) is 5.75 Å². The summed E-state index contributed by atoms with van der Waals surface area (Å²) in [7, 11) is 0. The number of hydrogen-bond acceptors (Lipinski definition) is 6. The highest BCUT2D eigenvalue weighted by atomic mass is 19.1. The van der Waals surface area contributed by atoms with E-state index in [4.69, 9.17) is 4.98 Å². The molecular formula is C25H31FN4O3. The molecule has 1 aliphatic heterocycles. The average molecular weight is 455 g/mol. The molecule has 33 heavy (non-hydrogen) atoms. The summed E-state index contributed by atoms with van der Waals surface area (Å²) in [4.78, 5) is 25.7. The molecule has 0 unspecified atom stereocenters. The van der Waals surface area contributed by atoms with Gasteiger partial charge in [0.2, 0.25) is 0 Å². The van der Waals surface area contributed by atoms with Crippen LogP contribution in [0.4, 0.5) is 10.2 Å². The molecule has 2 heterocycles. The van der Waals surface area contributed by atoms with Crippen LogP contribution in [0.15, 0.2) is 36.4 Å². The Morgan fingerprint density at radius 1 is 1.12 bits per heavy atom. The fourth-order valence-corrected chi connectivity index (χ4v) is 4.17. The summed E-state index contributed by atoms with van der Waals surface area (Å²) in [5.41, 5.74) is 1.95. The van der Waals surface area contributed by atoms with Gasteiger partial charge in [0.15, 0.2) is 5.82 Å². The van der Waals surface area contributed by atoms with Crippen molar-refractivity contribution < 1.29 is 20.8 Å². The van der Waals surface area contributed by atoms with E-state index in [-0.39, 0.29) is 30.4 Å². The minimum atomic E-state index is -0.984. The predicted molar refractivity (Wildman–Crippen MR) is 128 cm³/mol. The van der Waals surface area contributed by atoms with Gasteiger partial charge in [-0.15, -0.1) is 0 Å². The normalized spacial score (nSPS) is 15.3. The highest BCUT2D eigenvalue weighted by Gasteiger charge is 2.28. The number of nitrogens with zero attached hydrogens (tertiary/aromatic N) is 4. The van der Waals surface area contributed by atoms with Crippen molar-refractivity contribution in [1.29, 1.82) is 0 Å². The van der Waals surface area contributed by atoms with Crippen molar-refractivity contribution in [2.45, 2.75) is 33.3 Å². The van der Waals surface area contributed by atoms with Gasteiger partial charge in [-0.05, 0) is 55.2 Å². The van der Waals surface area contributed by atoms with Gasteiger partial charge in [-0.25, -0.2) is 14.4 Å². The van der Waals surface area contributed by atoms with Gasteiger partial charge in [-0.2, -0.15) is 0 Å². The first kappa shape index (κ1) is 22.9. The maximum Gasteiger partial charge on any atom is 0.251 e. The van der Waals surface area contributed by atoms with Crippen LogP contribution in [0.25, 0.3) is 22.3 Å². The molecule has 0 spiro atoms. The standard InChI is InChI=1S/C25H29FN4O3.H2/c1-15(2)12-22(32)25(33)30-10-8-29(9-11-30)24-18-6-4-16(3)13-20(18)27-23(28-24)19-14-17(26)5-7-21(19)31;/h4-7,13-15,22,31-32H,8-12H2,1-3H3;1H/t22-;/m1./s1. The number of aliphatic hydroxyl groups is 1. The molecule has 0 radical (unpaired) electrons. The SMILES string of the molecule is Cc1ccc2c(N3CCN(C(=O)[C@H](O)CC(C)C)CC3)nc(-c3cc(F)ccc3O)nc2c1.[HH]. The number of halogens is 1. The summed E-state index contributed by atoms with van der Waals surface area (Å²) in [5, 5.41) is 21.4. The van der Waals surface area contributed by atoms with E-state index < -0.39 is 11.9 Å². The third-order valence-electron chi connectivity index (χ3n) is 5.90. The first-order valence-electron chi connectivity index (χ1n) is 11.2. The molecule has 0 saturated carbocycles. The second kappa shape index (κ2) is 9.31. The fourth-order valence-electron chi connectivity index (χ4n) is 4.17. The molecular weight excluding hydrogens is 423 g/mol. The van der Waals surface area contributed by atoms with Crippen LogP contribution in [-0.2, 0) is 4.79 Å². The Morgan fingerprint density at radius 2 is 1.85 bits per heavy atom. The maximum absolute atomic E-state index is 13.9. The summed E-state index contributed by atoms with van der Waals surface area (Å²) >= 11 is 0. The zero-order chi connectivity index (χ0) is 23.7. The molecule has 1 amide bonds. The quantitative estimate of drug-likeness (QED) is 0.610. The summed E-state index contributed by atoms with van der Waals surface area (Å²) < 4.78 is 13.9. The number of fused-ring (bicyclic) bond motifs is 1. The predicted octanol–water partition coefficient (Wildman–Crippen LogP) is 3.75. The molecule has 4 rings (SSSR count). The number of phenols is 1. The van der Waals surface area contributed by atoms with Crippen LogP contribution in [0.3, 0.4) is 0 Å². The van der Waals surface area contributed by atoms with Gasteiger partial charge in [0.05, 0.1) is 11.1 Å². The molecule has 1 atom stereocenters. The third kappa shape index (κ3) is 4.90. The van der Waals surface area contributed by atoms with Crippen LogP contribution >= 0.6 is 0 Å². The van der Waals surface area contributed by atoms with Crippen molar-refractivity contribution in [2.24, 2.45) is 5.92 Å².